The zero-order valence-electron chi connectivity index (χ0n) is 28.9. The molecule has 5 nitrogen and oxygen atoms in total. The fourth-order valence-corrected chi connectivity index (χ4v) is 8.97. The van der Waals surface area contributed by atoms with Crippen LogP contribution in [-0.4, -0.2) is 45.3 Å². The molecule has 0 aromatic heterocycles. The first-order chi connectivity index (χ1) is 20.3. The maximum atomic E-state index is 11.9. The van der Waals surface area contributed by atoms with Crippen molar-refractivity contribution in [2.75, 3.05) is 6.61 Å². The van der Waals surface area contributed by atoms with E-state index in [1.165, 1.54) is 64.2 Å². The molecule has 6 heteroatoms. The van der Waals surface area contributed by atoms with Crippen LogP contribution in [0.25, 0.3) is 0 Å². The van der Waals surface area contributed by atoms with Crippen LogP contribution in [0.3, 0.4) is 0 Å². The predicted molar refractivity (Wildman–Crippen MR) is 177 cm³/mol. The summed E-state index contributed by atoms with van der Waals surface area (Å²) in [6, 6.07) is 0. The molecule has 0 saturated heterocycles. The molecule has 0 bridgehead atoms. The third-order valence-corrected chi connectivity index (χ3v) is 12.6. The molecule has 42 heavy (non-hydrogen) atoms. The van der Waals surface area contributed by atoms with Crippen LogP contribution >= 0.6 is 0 Å². The molecule has 0 aromatic rings. The Kier molecular flexibility index (Phi) is 33.5. The first-order valence-corrected chi connectivity index (χ1v) is 22.1. The van der Waals surface area contributed by atoms with Gasteiger partial charge in [0.05, 0.1) is 12.6 Å². The molecule has 0 rings (SSSR count). The van der Waals surface area contributed by atoms with Gasteiger partial charge in [-0.15, -0.1) is 0 Å². The number of hydrogen-bond donors (Lipinski definition) is 0. The van der Waals surface area contributed by atoms with Gasteiger partial charge in [-0.2, -0.15) is 0 Å². The Hall–Kier alpha value is -0.301. The monoisotopic (exact) mass is 702 g/mol. The van der Waals surface area contributed by atoms with Gasteiger partial charge in [-0.1, -0.05) is 72.6 Å². The van der Waals surface area contributed by atoms with Gasteiger partial charge >= 0.3 is 121 Å². The standard InChI is InChI=1S/C20H38O5.2C8H17.Sn/c1-5-9-11-16(7-3)13-20(19(23)24,14-18(21)22)25-15-17(8-4)12-10-6-2;2*1-3-5-7-8-6-4-2;/h16-17H,5-15H2,1-4H3,(H,21,22)(H,23,24);2*1,3-8H2,2H3;/q;;;+2/p-2. The number of carboxylic acids is 2. The quantitative estimate of drug-likeness (QED) is 0.0552. The second-order valence-corrected chi connectivity index (χ2v) is 16.7. The van der Waals surface area contributed by atoms with E-state index in [1.807, 2.05) is 13.8 Å². The molecule has 0 heterocycles. The van der Waals surface area contributed by atoms with Gasteiger partial charge in [-0.3, -0.25) is 0 Å². The number of carbonyl (C=O) groups is 2. The van der Waals surface area contributed by atoms with Gasteiger partial charge in [-0.05, 0) is 24.7 Å². The fraction of sp³-hybridized carbons (Fsp3) is 0.944. The second-order valence-electron chi connectivity index (χ2n) is 12.5. The van der Waals surface area contributed by atoms with Gasteiger partial charge < -0.3 is 24.5 Å². The molecule has 0 amide bonds. The molecule has 0 aliphatic heterocycles. The van der Waals surface area contributed by atoms with Crippen LogP contribution in [0.1, 0.15) is 183 Å². The van der Waals surface area contributed by atoms with Crippen LogP contribution in [0, 0.1) is 11.8 Å². The van der Waals surface area contributed by atoms with Gasteiger partial charge in [0.2, 0.25) is 0 Å². The van der Waals surface area contributed by atoms with Crippen LogP contribution in [0.4, 0.5) is 0 Å². The SMILES string of the molecule is CCCCC(CC)COC(CC(=O)[O-])(CC(CC)CCCC)C(=O)[O-].CCCCCCC[CH2][Sn+2][CH2]CCCCCCC. The molecule has 0 aliphatic rings. The third kappa shape index (κ3) is 26.1. The van der Waals surface area contributed by atoms with E-state index in [9.17, 15) is 19.8 Å². The topological polar surface area (TPSA) is 89.5 Å². The van der Waals surface area contributed by atoms with Crippen LogP contribution in [0.5, 0.6) is 0 Å². The number of hydrogen-bond acceptors (Lipinski definition) is 5. The van der Waals surface area contributed by atoms with E-state index < -0.39 is 24.0 Å². The van der Waals surface area contributed by atoms with E-state index in [1.54, 1.807) is 21.7 Å². The summed E-state index contributed by atoms with van der Waals surface area (Å²) in [6.45, 7) is 13.1. The number of aliphatic carboxylic acids is 2. The van der Waals surface area contributed by atoms with Crippen molar-refractivity contribution in [1.29, 1.82) is 0 Å². The van der Waals surface area contributed by atoms with Crippen LogP contribution in [0.2, 0.25) is 8.87 Å². The van der Waals surface area contributed by atoms with Crippen LogP contribution in [0.15, 0.2) is 0 Å². The van der Waals surface area contributed by atoms with Crippen molar-refractivity contribution < 1.29 is 24.5 Å². The Morgan fingerprint density at radius 1 is 0.619 bits per heavy atom. The summed E-state index contributed by atoms with van der Waals surface area (Å²) in [7, 11) is 0. The first kappa shape index (κ1) is 43.8. The van der Waals surface area contributed by atoms with Gasteiger partial charge in [0.25, 0.3) is 0 Å². The minimum atomic E-state index is -1.78. The van der Waals surface area contributed by atoms with E-state index in [-0.39, 0.29) is 46.0 Å². The molecule has 0 radical (unpaired) electrons. The Morgan fingerprint density at radius 2 is 1.05 bits per heavy atom. The molecule has 3 unspecified atom stereocenters. The van der Waals surface area contributed by atoms with E-state index in [2.05, 4.69) is 27.7 Å². The van der Waals surface area contributed by atoms with Crippen molar-refractivity contribution in [1.82, 2.24) is 0 Å². The number of rotatable bonds is 30. The zero-order valence-corrected chi connectivity index (χ0v) is 31.7. The van der Waals surface area contributed by atoms with E-state index in [4.69, 9.17) is 4.74 Å². The van der Waals surface area contributed by atoms with E-state index in [0.717, 1.165) is 51.4 Å². The van der Waals surface area contributed by atoms with Crippen molar-refractivity contribution in [3.63, 3.8) is 0 Å². The molecule has 3 atom stereocenters. The van der Waals surface area contributed by atoms with Crippen molar-refractivity contribution in [3.05, 3.63) is 0 Å². The summed E-state index contributed by atoms with van der Waals surface area (Å²) in [5.74, 6) is -2.50. The molecule has 0 saturated carbocycles. The average molecular weight is 702 g/mol. The zero-order chi connectivity index (χ0) is 31.9. The number of carbonyl (C=O) groups excluding carboxylic acids is 2. The van der Waals surface area contributed by atoms with Gasteiger partial charge in [0, 0.05) is 12.4 Å². The van der Waals surface area contributed by atoms with Gasteiger partial charge in [0.15, 0.2) is 0 Å². The molecule has 0 spiro atoms. The summed E-state index contributed by atoms with van der Waals surface area (Å²) in [4.78, 5) is 23.1. The summed E-state index contributed by atoms with van der Waals surface area (Å²) in [5.41, 5.74) is -1.78. The Morgan fingerprint density at radius 3 is 1.45 bits per heavy atom. The maximum absolute atomic E-state index is 11.9. The summed E-state index contributed by atoms with van der Waals surface area (Å²) < 4.78 is 9.10. The Labute approximate surface area is 272 Å². The third-order valence-electron chi connectivity index (χ3n) is 8.52. The molecular formula is C36H70O5Sn. The van der Waals surface area contributed by atoms with Gasteiger partial charge in [-0.25, -0.2) is 0 Å². The molecule has 0 N–H and O–H groups in total. The molecule has 248 valence electrons. The normalized spacial score (nSPS) is 13.9. The summed E-state index contributed by atoms with van der Waals surface area (Å²) in [5, 5.41) is 23.1. The summed E-state index contributed by atoms with van der Waals surface area (Å²) >= 11 is 0.0736. The Balaban J connectivity index is 0. The average Bonchev–Trinajstić information content (AvgIpc) is 2.97. The van der Waals surface area contributed by atoms with Crippen molar-refractivity contribution in [2.45, 2.75) is 197 Å². The molecule has 0 aliphatic carbocycles. The van der Waals surface area contributed by atoms with Crippen molar-refractivity contribution in [2.24, 2.45) is 11.8 Å². The van der Waals surface area contributed by atoms with Crippen molar-refractivity contribution >= 4 is 33.1 Å². The van der Waals surface area contributed by atoms with E-state index in [0.29, 0.717) is 0 Å². The molecule has 0 aromatic carbocycles. The number of unbranched alkanes of at least 4 members (excludes halogenated alkanes) is 12. The fourth-order valence-electron chi connectivity index (χ4n) is 5.40. The van der Waals surface area contributed by atoms with Crippen LogP contribution in [-0.2, 0) is 14.3 Å². The van der Waals surface area contributed by atoms with Crippen LogP contribution < -0.4 is 10.2 Å². The van der Waals surface area contributed by atoms with Crippen molar-refractivity contribution in [3.8, 4) is 0 Å². The minimum absolute atomic E-state index is 0.0736. The first-order valence-electron chi connectivity index (χ1n) is 18.0. The number of ether oxygens (including phenoxy) is 1. The predicted octanol–water partition coefficient (Wildman–Crippen LogP) is 8.70. The summed E-state index contributed by atoms with van der Waals surface area (Å²) in [6.07, 6.45) is 25.0. The molecular weight excluding hydrogens is 631 g/mol. The van der Waals surface area contributed by atoms with Gasteiger partial charge in [0.1, 0.15) is 5.60 Å². The molecule has 0 fully saturated rings. The Bertz CT molecular complexity index is 585. The second kappa shape index (κ2) is 32.1. The van der Waals surface area contributed by atoms with E-state index >= 15 is 0 Å². The number of carboxylic acid groups (broad SMARTS) is 2.